The van der Waals surface area contributed by atoms with Crippen LogP contribution in [-0.2, 0) is 26.2 Å². The Labute approximate surface area is 248 Å². The Balaban J connectivity index is 2.06. The molecule has 8 nitrogen and oxygen atoms in total. The summed E-state index contributed by atoms with van der Waals surface area (Å²) < 4.78 is 34.2. The Bertz CT molecular complexity index is 1430. The van der Waals surface area contributed by atoms with E-state index in [4.69, 9.17) is 16.3 Å². The first kappa shape index (κ1) is 32.0. The van der Waals surface area contributed by atoms with Gasteiger partial charge in [0.25, 0.3) is 10.0 Å². The first-order valence-electron chi connectivity index (χ1n) is 13.6. The van der Waals surface area contributed by atoms with E-state index in [1.165, 1.54) is 29.2 Å². The summed E-state index contributed by atoms with van der Waals surface area (Å²) in [7, 11) is -2.61. The highest BCUT2D eigenvalue weighted by molar-refractivity contribution is 7.92. The van der Waals surface area contributed by atoms with Crippen LogP contribution in [0.3, 0.4) is 0 Å². The monoisotopic (exact) mass is 599 g/mol. The smallest absolute Gasteiger partial charge is 0.264 e. The van der Waals surface area contributed by atoms with E-state index in [2.05, 4.69) is 5.32 Å². The van der Waals surface area contributed by atoms with E-state index >= 15 is 0 Å². The fraction of sp³-hybridized carbons (Fsp3) is 0.355. The highest BCUT2D eigenvalue weighted by Gasteiger charge is 2.34. The van der Waals surface area contributed by atoms with Crippen LogP contribution in [0.5, 0.6) is 5.75 Å². The second kappa shape index (κ2) is 14.4. The van der Waals surface area contributed by atoms with Gasteiger partial charge in [-0.3, -0.25) is 13.9 Å². The van der Waals surface area contributed by atoms with Gasteiger partial charge in [-0.2, -0.15) is 0 Å². The number of anilines is 1. The minimum atomic E-state index is -4.16. The predicted octanol–water partition coefficient (Wildman–Crippen LogP) is 5.57. The van der Waals surface area contributed by atoms with Gasteiger partial charge in [0.15, 0.2) is 0 Å². The van der Waals surface area contributed by atoms with E-state index in [1.54, 1.807) is 49.6 Å². The second-order valence-electron chi connectivity index (χ2n) is 9.92. The number of carbonyl (C=O) groups is 2. The molecule has 0 aliphatic rings. The summed E-state index contributed by atoms with van der Waals surface area (Å²) in [6.45, 7) is 7.17. The molecule has 0 fully saturated rings. The molecule has 0 aromatic heterocycles. The molecular formula is C31H38ClN3O5S. The van der Waals surface area contributed by atoms with Crippen molar-refractivity contribution in [2.45, 2.75) is 64.1 Å². The highest BCUT2D eigenvalue weighted by Crippen LogP contribution is 2.26. The number of sulfonamides is 1. The maximum absolute atomic E-state index is 14.1. The third-order valence-electron chi connectivity index (χ3n) is 6.88. The summed E-state index contributed by atoms with van der Waals surface area (Å²) in [5, 5.41) is 3.37. The SMILES string of the molecule is CCC(C)NC(=O)C(CC)N(Cc1cccc(OC)c1)C(=O)CN(c1ccc(C)cc1)S(=O)(=O)c1ccc(Cl)cc1. The van der Waals surface area contributed by atoms with Crippen molar-refractivity contribution in [3.63, 3.8) is 0 Å². The lowest BCUT2D eigenvalue weighted by atomic mass is 10.1. The van der Waals surface area contributed by atoms with Crippen molar-refractivity contribution in [3.8, 4) is 5.75 Å². The van der Waals surface area contributed by atoms with Crippen molar-refractivity contribution in [2.24, 2.45) is 0 Å². The van der Waals surface area contributed by atoms with Crippen LogP contribution in [0, 0.1) is 6.92 Å². The van der Waals surface area contributed by atoms with Crippen molar-refractivity contribution < 1.29 is 22.7 Å². The third kappa shape index (κ3) is 8.24. The topological polar surface area (TPSA) is 96.0 Å². The first-order chi connectivity index (χ1) is 19.5. The fourth-order valence-electron chi connectivity index (χ4n) is 4.30. The Morgan fingerprint density at radius 2 is 1.63 bits per heavy atom. The number of nitrogens with one attached hydrogen (secondary N) is 1. The van der Waals surface area contributed by atoms with Crippen molar-refractivity contribution in [1.82, 2.24) is 10.2 Å². The van der Waals surface area contributed by atoms with Gasteiger partial charge in [-0.05, 0) is 80.8 Å². The van der Waals surface area contributed by atoms with Crippen LogP contribution in [0.15, 0.2) is 77.7 Å². The molecule has 1 N–H and O–H groups in total. The van der Waals surface area contributed by atoms with Gasteiger partial charge in [0.05, 0.1) is 17.7 Å². The van der Waals surface area contributed by atoms with Crippen LogP contribution in [0.4, 0.5) is 5.69 Å². The summed E-state index contributed by atoms with van der Waals surface area (Å²) in [4.78, 5) is 29.0. The molecule has 0 aliphatic carbocycles. The zero-order valence-corrected chi connectivity index (χ0v) is 25.7. The highest BCUT2D eigenvalue weighted by atomic mass is 35.5. The zero-order valence-electron chi connectivity index (χ0n) is 24.1. The van der Waals surface area contributed by atoms with Gasteiger partial charge in [-0.15, -0.1) is 0 Å². The number of halogens is 1. The van der Waals surface area contributed by atoms with Crippen molar-refractivity contribution in [2.75, 3.05) is 18.0 Å². The molecule has 3 rings (SSSR count). The van der Waals surface area contributed by atoms with Gasteiger partial charge in [-0.25, -0.2) is 8.42 Å². The van der Waals surface area contributed by atoms with Crippen LogP contribution < -0.4 is 14.4 Å². The van der Waals surface area contributed by atoms with Gasteiger partial charge in [-0.1, -0.05) is 55.3 Å². The third-order valence-corrected chi connectivity index (χ3v) is 8.92. The predicted molar refractivity (Wildman–Crippen MR) is 163 cm³/mol. The maximum atomic E-state index is 14.1. The van der Waals surface area contributed by atoms with E-state index in [1.807, 2.05) is 33.8 Å². The molecule has 0 saturated heterocycles. The van der Waals surface area contributed by atoms with E-state index in [0.29, 0.717) is 22.9 Å². The van der Waals surface area contributed by atoms with Crippen LogP contribution in [0.1, 0.15) is 44.7 Å². The molecule has 0 bridgehead atoms. The lowest BCUT2D eigenvalue weighted by Crippen LogP contribution is -2.53. The number of nitrogens with zero attached hydrogens (tertiary/aromatic N) is 2. The molecule has 0 spiro atoms. The van der Waals surface area contributed by atoms with Crippen LogP contribution >= 0.6 is 11.6 Å². The largest absolute Gasteiger partial charge is 0.497 e. The second-order valence-corrected chi connectivity index (χ2v) is 12.2. The van der Waals surface area contributed by atoms with Crippen LogP contribution in [0.2, 0.25) is 5.02 Å². The molecular weight excluding hydrogens is 562 g/mol. The molecule has 3 aromatic rings. The van der Waals surface area contributed by atoms with Crippen molar-refractivity contribution in [3.05, 3.63) is 88.9 Å². The van der Waals surface area contributed by atoms with E-state index in [0.717, 1.165) is 21.9 Å². The average molecular weight is 600 g/mol. The molecule has 10 heteroatoms. The Morgan fingerprint density at radius 1 is 0.976 bits per heavy atom. The van der Waals surface area contributed by atoms with Gasteiger partial charge in [0, 0.05) is 17.6 Å². The molecule has 2 atom stereocenters. The minimum Gasteiger partial charge on any atom is -0.497 e. The lowest BCUT2D eigenvalue weighted by Gasteiger charge is -2.33. The summed E-state index contributed by atoms with van der Waals surface area (Å²) >= 11 is 6.01. The molecule has 220 valence electrons. The Hall–Kier alpha value is -3.56. The summed E-state index contributed by atoms with van der Waals surface area (Å²) in [6, 6.07) is 19.0. The van der Waals surface area contributed by atoms with Gasteiger partial charge >= 0.3 is 0 Å². The number of methoxy groups -OCH3 is 1. The normalized spacial score (nSPS) is 12.7. The molecule has 2 amide bonds. The summed E-state index contributed by atoms with van der Waals surface area (Å²) in [6.07, 6.45) is 1.07. The number of ether oxygens (including phenoxy) is 1. The average Bonchev–Trinajstić information content (AvgIpc) is 2.96. The standard InChI is InChI=1S/C31H38ClN3O5S/c1-6-23(4)33-31(37)29(7-2)34(20-24-9-8-10-27(19-24)40-5)30(36)21-35(26-15-11-22(3)12-16-26)41(38,39)28-17-13-25(32)14-18-28/h8-19,23,29H,6-7,20-21H2,1-5H3,(H,33,37). The molecule has 0 aliphatic heterocycles. The zero-order chi connectivity index (χ0) is 30.2. The number of amides is 2. The van der Waals surface area contributed by atoms with E-state index in [9.17, 15) is 18.0 Å². The van der Waals surface area contributed by atoms with Gasteiger partial charge in [0.2, 0.25) is 11.8 Å². The number of hydrogen-bond donors (Lipinski definition) is 1. The number of rotatable bonds is 13. The number of carbonyl (C=O) groups excluding carboxylic acids is 2. The number of benzene rings is 3. The molecule has 41 heavy (non-hydrogen) atoms. The Kier molecular flexibility index (Phi) is 11.2. The minimum absolute atomic E-state index is 0.00354. The molecule has 2 unspecified atom stereocenters. The molecule has 0 saturated carbocycles. The number of aryl methyl sites for hydroxylation is 1. The first-order valence-corrected chi connectivity index (χ1v) is 15.4. The Morgan fingerprint density at radius 3 is 2.22 bits per heavy atom. The maximum Gasteiger partial charge on any atom is 0.264 e. The van der Waals surface area contributed by atoms with Gasteiger partial charge < -0.3 is 15.0 Å². The fourth-order valence-corrected chi connectivity index (χ4v) is 5.84. The molecule has 0 heterocycles. The van der Waals surface area contributed by atoms with Crippen LogP contribution in [-0.4, -0.2) is 50.9 Å². The van der Waals surface area contributed by atoms with Crippen molar-refractivity contribution in [1.29, 1.82) is 0 Å². The van der Waals surface area contributed by atoms with Crippen LogP contribution in [0.25, 0.3) is 0 Å². The van der Waals surface area contributed by atoms with Gasteiger partial charge in [0.1, 0.15) is 18.3 Å². The van der Waals surface area contributed by atoms with Crippen molar-refractivity contribution >= 4 is 39.1 Å². The van der Waals surface area contributed by atoms with E-state index < -0.39 is 28.5 Å². The quantitative estimate of drug-likeness (QED) is 0.277. The lowest BCUT2D eigenvalue weighted by molar-refractivity contribution is -0.140. The van der Waals surface area contributed by atoms with E-state index in [-0.39, 0.29) is 23.4 Å². The molecule has 3 aromatic carbocycles. The number of hydrogen-bond acceptors (Lipinski definition) is 5. The summed E-state index contributed by atoms with van der Waals surface area (Å²) in [5.74, 6) is -0.198. The summed E-state index contributed by atoms with van der Waals surface area (Å²) in [5.41, 5.74) is 2.02. The molecule has 0 radical (unpaired) electrons.